The van der Waals surface area contributed by atoms with Gasteiger partial charge >= 0.3 is 5.97 Å². The number of para-hydroxylation sites is 1. The Labute approximate surface area is 114 Å². The number of hydrogen-bond donors (Lipinski definition) is 1. The van der Waals surface area contributed by atoms with Gasteiger partial charge in [0.05, 0.1) is 6.54 Å². The minimum absolute atomic E-state index is 0.239. The smallest absolute Gasteiger partial charge is 0.349 e. The third-order valence-electron chi connectivity index (χ3n) is 3.30. The number of anilines is 1. The highest BCUT2D eigenvalue weighted by Gasteiger charge is 2.21. The molecule has 3 rings (SSSR count). The zero-order valence-electron chi connectivity index (χ0n) is 10.2. The van der Waals surface area contributed by atoms with Crippen LogP contribution in [-0.2, 0) is 13.0 Å². The highest BCUT2D eigenvalue weighted by Crippen LogP contribution is 2.28. The Bertz CT molecular complexity index is 611. The topological polar surface area (TPSA) is 66.3 Å². The van der Waals surface area contributed by atoms with Crippen LogP contribution in [0.25, 0.3) is 0 Å². The Morgan fingerprint density at radius 1 is 1.42 bits per heavy atom. The first kappa shape index (κ1) is 12.1. The number of benzene rings is 1. The van der Waals surface area contributed by atoms with Crippen LogP contribution < -0.4 is 4.90 Å². The van der Waals surface area contributed by atoms with E-state index in [1.165, 1.54) is 11.3 Å². The molecular formula is C13H13N3O2S. The summed E-state index contributed by atoms with van der Waals surface area (Å²) in [5.74, 6) is -0.949. The van der Waals surface area contributed by atoms with Crippen LogP contribution in [0.1, 0.15) is 27.3 Å². The van der Waals surface area contributed by atoms with Gasteiger partial charge in [-0.25, -0.2) is 4.79 Å². The van der Waals surface area contributed by atoms with E-state index in [0.29, 0.717) is 12.2 Å². The number of aromatic carboxylic acids is 1. The standard InChI is InChI=1S/C13H13N3O2S/c17-13(18)12-10(14-15-19-12)8-16-7-3-5-9-4-1-2-6-11(9)16/h1-2,4,6H,3,5,7-8H2,(H,17,18). The van der Waals surface area contributed by atoms with Gasteiger partial charge in [0.2, 0.25) is 0 Å². The van der Waals surface area contributed by atoms with Crippen LogP contribution >= 0.6 is 11.5 Å². The summed E-state index contributed by atoms with van der Waals surface area (Å²) >= 11 is 0.940. The number of aromatic nitrogens is 2. The Kier molecular flexibility index (Phi) is 3.16. The van der Waals surface area contributed by atoms with E-state index in [2.05, 4.69) is 26.6 Å². The molecule has 0 atom stereocenters. The van der Waals surface area contributed by atoms with Crippen molar-refractivity contribution in [3.63, 3.8) is 0 Å². The molecular weight excluding hydrogens is 262 g/mol. The Morgan fingerprint density at radius 3 is 3.11 bits per heavy atom. The van der Waals surface area contributed by atoms with Crippen molar-refractivity contribution in [3.05, 3.63) is 40.4 Å². The molecule has 1 aromatic carbocycles. The molecule has 2 heterocycles. The molecule has 0 radical (unpaired) electrons. The lowest BCUT2D eigenvalue weighted by molar-refractivity contribution is 0.0700. The van der Waals surface area contributed by atoms with E-state index in [0.717, 1.165) is 30.9 Å². The van der Waals surface area contributed by atoms with E-state index in [1.807, 2.05) is 12.1 Å². The summed E-state index contributed by atoms with van der Waals surface area (Å²) in [5, 5.41) is 13.0. The molecule has 5 nitrogen and oxygen atoms in total. The van der Waals surface area contributed by atoms with Gasteiger partial charge in [-0.15, -0.1) is 5.10 Å². The first-order chi connectivity index (χ1) is 9.25. The van der Waals surface area contributed by atoms with Crippen molar-refractivity contribution < 1.29 is 9.90 Å². The number of nitrogens with zero attached hydrogens (tertiary/aromatic N) is 3. The zero-order valence-corrected chi connectivity index (χ0v) is 11.1. The number of carboxylic acids is 1. The summed E-state index contributed by atoms with van der Waals surface area (Å²) in [7, 11) is 0. The highest BCUT2D eigenvalue weighted by atomic mass is 32.1. The zero-order chi connectivity index (χ0) is 13.2. The average Bonchev–Trinajstić information content (AvgIpc) is 2.87. The van der Waals surface area contributed by atoms with Gasteiger partial charge in [0.25, 0.3) is 0 Å². The highest BCUT2D eigenvalue weighted by molar-refractivity contribution is 7.07. The second-order valence-electron chi connectivity index (χ2n) is 4.51. The minimum Gasteiger partial charge on any atom is -0.477 e. The number of aryl methyl sites for hydroxylation is 1. The van der Waals surface area contributed by atoms with Gasteiger partial charge in [-0.05, 0) is 36.0 Å². The van der Waals surface area contributed by atoms with Gasteiger partial charge in [-0.2, -0.15) is 0 Å². The monoisotopic (exact) mass is 275 g/mol. The summed E-state index contributed by atoms with van der Waals surface area (Å²) in [4.78, 5) is 13.5. The molecule has 0 saturated carbocycles. The molecule has 1 aliphatic rings. The maximum atomic E-state index is 11.1. The third-order valence-corrected chi connectivity index (χ3v) is 4.05. The lowest BCUT2D eigenvalue weighted by atomic mass is 10.0. The van der Waals surface area contributed by atoms with Gasteiger partial charge in [0, 0.05) is 12.2 Å². The molecule has 19 heavy (non-hydrogen) atoms. The average molecular weight is 275 g/mol. The first-order valence-electron chi connectivity index (χ1n) is 6.13. The number of rotatable bonds is 3. The van der Waals surface area contributed by atoms with Crippen LogP contribution in [0.3, 0.4) is 0 Å². The lowest BCUT2D eigenvalue weighted by Gasteiger charge is -2.30. The van der Waals surface area contributed by atoms with E-state index in [-0.39, 0.29) is 4.88 Å². The van der Waals surface area contributed by atoms with E-state index in [1.54, 1.807) is 0 Å². The van der Waals surface area contributed by atoms with Gasteiger partial charge in [-0.1, -0.05) is 22.7 Å². The van der Waals surface area contributed by atoms with Crippen molar-refractivity contribution in [2.24, 2.45) is 0 Å². The molecule has 0 aliphatic carbocycles. The molecule has 1 aromatic heterocycles. The summed E-state index contributed by atoms with van der Waals surface area (Å²) in [6.45, 7) is 1.43. The van der Waals surface area contributed by atoms with Crippen LogP contribution in [0.5, 0.6) is 0 Å². The van der Waals surface area contributed by atoms with E-state index in [4.69, 9.17) is 5.11 Å². The summed E-state index contributed by atoms with van der Waals surface area (Å²) in [6, 6.07) is 8.25. The molecule has 0 unspecified atom stereocenters. The summed E-state index contributed by atoms with van der Waals surface area (Å²) in [6.07, 6.45) is 2.16. The maximum absolute atomic E-state index is 11.1. The number of fused-ring (bicyclic) bond motifs is 1. The summed E-state index contributed by atoms with van der Waals surface area (Å²) in [5.41, 5.74) is 3.04. The molecule has 2 aromatic rings. The predicted molar refractivity (Wildman–Crippen MR) is 72.7 cm³/mol. The minimum atomic E-state index is -0.949. The van der Waals surface area contributed by atoms with Crippen molar-refractivity contribution in [1.29, 1.82) is 0 Å². The van der Waals surface area contributed by atoms with Crippen LogP contribution in [0.15, 0.2) is 24.3 Å². The maximum Gasteiger partial charge on any atom is 0.349 e. The Balaban J connectivity index is 1.89. The number of carboxylic acid groups (broad SMARTS) is 1. The second-order valence-corrected chi connectivity index (χ2v) is 5.26. The van der Waals surface area contributed by atoms with Gasteiger partial charge in [0.1, 0.15) is 5.69 Å². The molecule has 0 amide bonds. The number of hydrogen-bond acceptors (Lipinski definition) is 5. The second kappa shape index (κ2) is 4.97. The van der Waals surface area contributed by atoms with Crippen LogP contribution in [0, 0.1) is 0 Å². The number of carbonyl (C=O) groups is 1. The van der Waals surface area contributed by atoms with E-state index >= 15 is 0 Å². The molecule has 1 aliphatic heterocycles. The van der Waals surface area contributed by atoms with Crippen molar-refractivity contribution in [3.8, 4) is 0 Å². The van der Waals surface area contributed by atoms with Crippen molar-refractivity contribution in [1.82, 2.24) is 9.59 Å². The predicted octanol–water partition coefficient (Wildman–Crippen LogP) is 2.19. The van der Waals surface area contributed by atoms with Gasteiger partial charge in [0.15, 0.2) is 4.88 Å². The van der Waals surface area contributed by atoms with E-state index < -0.39 is 5.97 Å². The van der Waals surface area contributed by atoms with Crippen LogP contribution in [-0.4, -0.2) is 27.2 Å². The van der Waals surface area contributed by atoms with Crippen molar-refractivity contribution in [2.45, 2.75) is 19.4 Å². The van der Waals surface area contributed by atoms with Gasteiger partial charge in [-0.3, -0.25) is 0 Å². The van der Waals surface area contributed by atoms with Crippen LogP contribution in [0.4, 0.5) is 5.69 Å². The van der Waals surface area contributed by atoms with Crippen molar-refractivity contribution in [2.75, 3.05) is 11.4 Å². The molecule has 0 fully saturated rings. The third kappa shape index (κ3) is 2.31. The lowest BCUT2D eigenvalue weighted by Crippen LogP contribution is -2.29. The molecule has 6 heteroatoms. The molecule has 98 valence electrons. The van der Waals surface area contributed by atoms with Crippen LogP contribution in [0.2, 0.25) is 0 Å². The Morgan fingerprint density at radius 2 is 2.26 bits per heavy atom. The Hall–Kier alpha value is -1.95. The molecule has 0 bridgehead atoms. The molecule has 0 spiro atoms. The van der Waals surface area contributed by atoms with Crippen molar-refractivity contribution >= 4 is 23.2 Å². The fraction of sp³-hybridized carbons (Fsp3) is 0.308. The fourth-order valence-electron chi connectivity index (χ4n) is 2.43. The fourth-order valence-corrected chi connectivity index (χ4v) is 2.94. The molecule has 0 saturated heterocycles. The normalized spacial score (nSPS) is 14.2. The first-order valence-corrected chi connectivity index (χ1v) is 6.90. The largest absolute Gasteiger partial charge is 0.477 e. The van der Waals surface area contributed by atoms with Gasteiger partial charge < -0.3 is 10.0 Å². The molecule has 1 N–H and O–H groups in total. The van der Waals surface area contributed by atoms with E-state index in [9.17, 15) is 4.79 Å². The summed E-state index contributed by atoms with van der Waals surface area (Å²) < 4.78 is 3.75. The SMILES string of the molecule is O=C(O)c1snnc1CN1CCCc2ccccc21. The quantitative estimate of drug-likeness (QED) is 0.930.